The van der Waals surface area contributed by atoms with Crippen molar-refractivity contribution < 1.29 is 23.1 Å². The highest BCUT2D eigenvalue weighted by atomic mass is 19.4. The number of nitrogens with zero attached hydrogens (tertiary/aromatic N) is 2. The first kappa shape index (κ1) is 18.6. The fourth-order valence-corrected chi connectivity index (χ4v) is 2.99. The van der Waals surface area contributed by atoms with E-state index in [1.807, 2.05) is 0 Å². The van der Waals surface area contributed by atoms with Gasteiger partial charge in [-0.2, -0.15) is 18.3 Å². The lowest BCUT2D eigenvalue weighted by Gasteiger charge is -2.36. The van der Waals surface area contributed by atoms with Crippen molar-refractivity contribution >= 4 is 6.03 Å². The SMILES string of the molecule is Cc1nn(CC(F)(F)F)c(C)c1C(C)NC(=O)NCC1(O)CCC1. The van der Waals surface area contributed by atoms with Crippen molar-refractivity contribution in [2.45, 2.75) is 64.4 Å². The third-order valence-electron chi connectivity index (χ3n) is 4.41. The highest BCUT2D eigenvalue weighted by Gasteiger charge is 2.35. The normalized spacial score (nSPS) is 18.0. The molecule has 1 aliphatic rings. The lowest BCUT2D eigenvalue weighted by atomic mass is 9.80. The molecule has 1 aliphatic carbocycles. The molecule has 1 heterocycles. The van der Waals surface area contributed by atoms with Crippen LogP contribution < -0.4 is 10.6 Å². The van der Waals surface area contributed by atoms with Gasteiger partial charge in [-0.1, -0.05) is 0 Å². The molecule has 2 rings (SSSR count). The van der Waals surface area contributed by atoms with Crippen LogP contribution in [0.4, 0.5) is 18.0 Å². The Morgan fingerprint density at radius 2 is 2.04 bits per heavy atom. The van der Waals surface area contributed by atoms with E-state index in [-0.39, 0.29) is 6.54 Å². The molecule has 0 spiro atoms. The minimum Gasteiger partial charge on any atom is -0.388 e. The molecule has 0 saturated heterocycles. The van der Waals surface area contributed by atoms with Crippen LogP contribution in [-0.4, -0.2) is 39.2 Å². The molecule has 3 N–H and O–H groups in total. The molecule has 0 bridgehead atoms. The number of carbonyl (C=O) groups is 1. The van der Waals surface area contributed by atoms with Crippen LogP contribution in [0.3, 0.4) is 0 Å². The first-order valence-electron chi connectivity index (χ1n) is 7.88. The molecule has 1 aromatic rings. The Balaban J connectivity index is 1.98. The van der Waals surface area contributed by atoms with Crippen LogP contribution in [0.25, 0.3) is 0 Å². The molecule has 1 aromatic heterocycles. The zero-order valence-corrected chi connectivity index (χ0v) is 14.0. The number of hydrogen-bond acceptors (Lipinski definition) is 3. The van der Waals surface area contributed by atoms with Crippen LogP contribution >= 0.6 is 0 Å². The van der Waals surface area contributed by atoms with Gasteiger partial charge >= 0.3 is 12.2 Å². The molecule has 1 fully saturated rings. The van der Waals surface area contributed by atoms with Gasteiger partial charge in [-0.05, 0) is 40.0 Å². The van der Waals surface area contributed by atoms with Gasteiger partial charge in [0.05, 0.1) is 17.3 Å². The minimum atomic E-state index is -4.35. The maximum atomic E-state index is 12.6. The van der Waals surface area contributed by atoms with Crippen LogP contribution in [-0.2, 0) is 6.54 Å². The summed E-state index contributed by atoms with van der Waals surface area (Å²) < 4.78 is 38.6. The number of carbonyl (C=O) groups excluding carboxylic acids is 1. The summed E-state index contributed by atoms with van der Waals surface area (Å²) in [6, 6.07) is -0.965. The van der Waals surface area contributed by atoms with Gasteiger partial charge in [-0.15, -0.1) is 0 Å². The first-order chi connectivity index (χ1) is 11.0. The summed E-state index contributed by atoms with van der Waals surface area (Å²) in [7, 11) is 0. The van der Waals surface area contributed by atoms with Crippen molar-refractivity contribution in [1.82, 2.24) is 20.4 Å². The summed E-state index contributed by atoms with van der Waals surface area (Å²) in [4.78, 5) is 11.9. The van der Waals surface area contributed by atoms with Gasteiger partial charge in [0, 0.05) is 17.8 Å². The Hall–Kier alpha value is -1.77. The Labute approximate surface area is 138 Å². The van der Waals surface area contributed by atoms with E-state index in [1.54, 1.807) is 20.8 Å². The average Bonchev–Trinajstić information content (AvgIpc) is 2.67. The lowest BCUT2D eigenvalue weighted by Crippen LogP contribution is -2.50. The monoisotopic (exact) mass is 348 g/mol. The molecule has 0 aromatic carbocycles. The van der Waals surface area contributed by atoms with Crippen LogP contribution in [0.2, 0.25) is 0 Å². The summed E-state index contributed by atoms with van der Waals surface area (Å²) in [5.74, 6) is 0. The molecule has 1 saturated carbocycles. The van der Waals surface area contributed by atoms with Gasteiger partial charge in [0.2, 0.25) is 0 Å². The summed E-state index contributed by atoms with van der Waals surface area (Å²) in [6.07, 6.45) is -2.10. The predicted octanol–water partition coefficient (Wildman–Crippen LogP) is 2.34. The van der Waals surface area contributed by atoms with E-state index in [1.165, 1.54) is 0 Å². The quantitative estimate of drug-likeness (QED) is 0.764. The van der Waals surface area contributed by atoms with E-state index in [0.717, 1.165) is 11.1 Å². The Morgan fingerprint density at radius 1 is 1.42 bits per heavy atom. The highest BCUT2D eigenvalue weighted by Crippen LogP contribution is 2.30. The highest BCUT2D eigenvalue weighted by molar-refractivity contribution is 5.74. The van der Waals surface area contributed by atoms with Crippen LogP contribution in [0, 0.1) is 13.8 Å². The number of nitrogens with one attached hydrogen (secondary N) is 2. The maximum absolute atomic E-state index is 12.6. The lowest BCUT2D eigenvalue weighted by molar-refractivity contribution is -0.143. The Kier molecular flexibility index (Phi) is 5.12. The molecular formula is C15H23F3N4O2. The zero-order chi connectivity index (χ0) is 18.1. The topological polar surface area (TPSA) is 79.2 Å². The molecule has 6 nitrogen and oxygen atoms in total. The van der Waals surface area contributed by atoms with Gasteiger partial charge in [0.25, 0.3) is 0 Å². The fourth-order valence-electron chi connectivity index (χ4n) is 2.99. The summed E-state index contributed by atoms with van der Waals surface area (Å²) in [5, 5.41) is 19.1. The molecule has 1 atom stereocenters. The number of aromatic nitrogens is 2. The second-order valence-corrected chi connectivity index (χ2v) is 6.48. The van der Waals surface area contributed by atoms with Gasteiger partial charge < -0.3 is 15.7 Å². The fraction of sp³-hybridized carbons (Fsp3) is 0.733. The van der Waals surface area contributed by atoms with Gasteiger partial charge in [-0.25, -0.2) is 4.79 Å². The van der Waals surface area contributed by atoms with Crippen molar-refractivity contribution in [2.24, 2.45) is 0 Å². The molecule has 0 radical (unpaired) electrons. The maximum Gasteiger partial charge on any atom is 0.408 e. The van der Waals surface area contributed by atoms with Crippen molar-refractivity contribution in [3.05, 3.63) is 17.0 Å². The van der Waals surface area contributed by atoms with Crippen molar-refractivity contribution in [1.29, 1.82) is 0 Å². The predicted molar refractivity (Wildman–Crippen MR) is 81.5 cm³/mol. The number of urea groups is 1. The molecular weight excluding hydrogens is 325 g/mol. The standard InChI is InChI=1S/C15H23F3N4O2/c1-9(20-13(23)19-7-14(24)5-4-6-14)12-10(2)21-22(11(12)3)8-15(16,17)18/h9,24H,4-8H2,1-3H3,(H2,19,20,23). The van der Waals surface area contributed by atoms with E-state index in [4.69, 9.17) is 0 Å². The van der Waals surface area contributed by atoms with Gasteiger partial charge in [-0.3, -0.25) is 4.68 Å². The number of hydrogen-bond donors (Lipinski definition) is 3. The number of rotatable bonds is 5. The van der Waals surface area contributed by atoms with E-state index in [0.29, 0.717) is 29.8 Å². The number of alkyl halides is 3. The van der Waals surface area contributed by atoms with Gasteiger partial charge in [0.15, 0.2) is 0 Å². The Bertz CT molecular complexity index is 609. The van der Waals surface area contributed by atoms with Crippen LogP contribution in [0.1, 0.15) is 49.2 Å². The second kappa shape index (κ2) is 6.62. The summed E-state index contributed by atoms with van der Waals surface area (Å²) in [6.45, 7) is 3.85. The molecule has 9 heteroatoms. The third kappa shape index (κ3) is 4.40. The summed E-state index contributed by atoms with van der Waals surface area (Å²) in [5.41, 5.74) is 0.554. The zero-order valence-electron chi connectivity index (χ0n) is 14.0. The van der Waals surface area contributed by atoms with Crippen LogP contribution in [0.15, 0.2) is 0 Å². The largest absolute Gasteiger partial charge is 0.408 e. The van der Waals surface area contributed by atoms with Crippen LogP contribution in [0.5, 0.6) is 0 Å². The van der Waals surface area contributed by atoms with Gasteiger partial charge in [0.1, 0.15) is 6.54 Å². The molecule has 0 aliphatic heterocycles. The van der Waals surface area contributed by atoms with Crippen molar-refractivity contribution in [3.8, 4) is 0 Å². The Morgan fingerprint density at radius 3 is 2.54 bits per heavy atom. The molecule has 24 heavy (non-hydrogen) atoms. The summed E-state index contributed by atoms with van der Waals surface area (Å²) >= 11 is 0. The van der Waals surface area contributed by atoms with Crippen molar-refractivity contribution in [3.63, 3.8) is 0 Å². The average molecular weight is 348 g/mol. The van der Waals surface area contributed by atoms with E-state index in [2.05, 4.69) is 15.7 Å². The van der Waals surface area contributed by atoms with E-state index >= 15 is 0 Å². The van der Waals surface area contributed by atoms with Crippen molar-refractivity contribution in [2.75, 3.05) is 6.54 Å². The van der Waals surface area contributed by atoms with E-state index < -0.39 is 30.4 Å². The second-order valence-electron chi connectivity index (χ2n) is 6.48. The molecule has 2 amide bonds. The first-order valence-corrected chi connectivity index (χ1v) is 7.88. The third-order valence-corrected chi connectivity index (χ3v) is 4.41. The number of aryl methyl sites for hydroxylation is 1. The van der Waals surface area contributed by atoms with E-state index in [9.17, 15) is 23.1 Å². The number of amides is 2. The minimum absolute atomic E-state index is 0.164. The number of halogens is 3. The number of aliphatic hydroxyl groups is 1. The molecule has 1 unspecified atom stereocenters. The molecule has 136 valence electrons. The smallest absolute Gasteiger partial charge is 0.388 e.